The van der Waals surface area contributed by atoms with Crippen molar-refractivity contribution in [1.82, 2.24) is 9.99 Å². The molecule has 1 aliphatic rings. The first-order chi connectivity index (χ1) is 20.5. The van der Waals surface area contributed by atoms with Crippen molar-refractivity contribution in [3.8, 4) is 0 Å². The zero-order valence-corrected chi connectivity index (χ0v) is 26.7. The predicted octanol–water partition coefficient (Wildman–Crippen LogP) is 5.64. The first-order valence-corrected chi connectivity index (χ1v) is 15.6. The van der Waals surface area contributed by atoms with Gasteiger partial charge in [-0.3, -0.25) is 4.79 Å². The molecule has 1 aliphatic heterocycles. The van der Waals surface area contributed by atoms with Crippen LogP contribution in [-0.2, 0) is 28.1 Å². The van der Waals surface area contributed by atoms with Crippen LogP contribution < -0.4 is 5.32 Å². The molecule has 0 saturated carbocycles. The van der Waals surface area contributed by atoms with Crippen LogP contribution in [0, 0.1) is 0 Å². The highest BCUT2D eigenvalue weighted by atomic mass is 31.2. The van der Waals surface area contributed by atoms with E-state index in [0.717, 1.165) is 0 Å². The lowest BCUT2D eigenvalue weighted by Gasteiger charge is -2.39. The van der Waals surface area contributed by atoms with Crippen LogP contribution in [0.5, 0.6) is 0 Å². The first-order valence-electron chi connectivity index (χ1n) is 14.5. The molecule has 3 unspecified atom stereocenters. The Bertz CT molecular complexity index is 1200. The Hall–Kier alpha value is -3.14. The number of nitrogens with zero attached hydrogens (tertiary/aromatic N) is 1. The molecule has 43 heavy (non-hydrogen) atoms. The molecule has 1 fully saturated rings. The van der Waals surface area contributed by atoms with Crippen LogP contribution in [-0.4, -0.2) is 71.7 Å². The van der Waals surface area contributed by atoms with Gasteiger partial charge in [-0.1, -0.05) is 36.4 Å². The van der Waals surface area contributed by atoms with E-state index in [1.165, 1.54) is 19.2 Å². The Labute approximate surface area is 255 Å². The molecule has 0 amide bonds. The van der Waals surface area contributed by atoms with E-state index in [9.17, 15) is 14.4 Å². The zero-order valence-electron chi connectivity index (χ0n) is 25.8. The smallest absolute Gasteiger partial charge is 0.338 e. The number of nitrogens with one attached hydrogen (secondary N) is 1. The Morgan fingerprint density at radius 3 is 1.95 bits per heavy atom. The number of carbonyl (C=O) groups excluding carboxylic acids is 3. The second kappa shape index (κ2) is 16.6. The van der Waals surface area contributed by atoms with Crippen molar-refractivity contribution in [2.75, 3.05) is 6.61 Å². The number of carbonyl (C=O) groups is 3. The van der Waals surface area contributed by atoms with Gasteiger partial charge >= 0.3 is 11.9 Å². The third kappa shape index (κ3) is 10.2. The summed E-state index contributed by atoms with van der Waals surface area (Å²) in [7, 11) is -1.68. The molecule has 3 rings (SSSR count). The minimum Gasteiger partial charge on any atom is -0.459 e. The highest BCUT2D eigenvalue weighted by Crippen LogP contribution is 2.50. The minimum absolute atomic E-state index is 0.0688. The monoisotopic (exact) mass is 614 g/mol. The van der Waals surface area contributed by atoms with E-state index in [1.54, 1.807) is 54.6 Å². The third-order valence-corrected chi connectivity index (χ3v) is 8.62. The van der Waals surface area contributed by atoms with Crippen molar-refractivity contribution in [2.45, 2.75) is 91.2 Å². The topological polar surface area (TPSA) is 113 Å². The molecule has 0 radical (unpaired) electrons. The van der Waals surface area contributed by atoms with Gasteiger partial charge in [0.1, 0.15) is 18.8 Å². The lowest BCUT2D eigenvalue weighted by atomic mass is 10.1. The molecule has 1 N–H and O–H groups in total. The van der Waals surface area contributed by atoms with E-state index in [0.29, 0.717) is 11.1 Å². The van der Waals surface area contributed by atoms with Crippen LogP contribution in [0.15, 0.2) is 72.9 Å². The van der Waals surface area contributed by atoms with Crippen LogP contribution in [0.4, 0.5) is 0 Å². The summed E-state index contributed by atoms with van der Waals surface area (Å²) < 4.78 is 33.1. The molecule has 0 spiro atoms. The highest BCUT2D eigenvalue weighted by Gasteiger charge is 2.51. The molecule has 10 nitrogen and oxygen atoms in total. The molecular formula is C32H43N2O8P. The summed E-state index contributed by atoms with van der Waals surface area (Å²) in [4.78, 5) is 37.7. The fourth-order valence-corrected chi connectivity index (χ4v) is 6.33. The van der Waals surface area contributed by atoms with E-state index in [4.69, 9.17) is 23.3 Å². The maximum atomic E-state index is 13.3. The maximum absolute atomic E-state index is 13.3. The third-order valence-electron chi connectivity index (χ3n) is 6.29. The number of hydrogen-bond donors (Lipinski definition) is 1. The van der Waals surface area contributed by atoms with Crippen LogP contribution in [0.1, 0.15) is 69.2 Å². The number of allylic oxidation sites excluding steroid dienone is 1. The van der Waals surface area contributed by atoms with Gasteiger partial charge < -0.3 is 28.6 Å². The number of benzene rings is 2. The van der Waals surface area contributed by atoms with Crippen molar-refractivity contribution < 1.29 is 37.6 Å². The Kier molecular flexibility index (Phi) is 13.3. The lowest BCUT2D eigenvalue weighted by molar-refractivity contribution is -0.112. The highest BCUT2D eigenvalue weighted by molar-refractivity contribution is 7.44. The molecule has 2 aromatic carbocycles. The van der Waals surface area contributed by atoms with E-state index < -0.39 is 45.0 Å². The summed E-state index contributed by atoms with van der Waals surface area (Å²) in [6.45, 7) is 13.3. The number of rotatable bonds is 15. The Morgan fingerprint density at radius 1 is 0.884 bits per heavy atom. The van der Waals surface area contributed by atoms with Crippen molar-refractivity contribution in [1.29, 1.82) is 0 Å². The molecule has 5 atom stereocenters. The summed E-state index contributed by atoms with van der Waals surface area (Å²) in [5.41, 5.74) is 0.741. The summed E-state index contributed by atoms with van der Waals surface area (Å²) in [5.74, 6) is -1.28. The average molecular weight is 615 g/mol. The van der Waals surface area contributed by atoms with Crippen molar-refractivity contribution in [2.24, 2.45) is 0 Å². The van der Waals surface area contributed by atoms with E-state index in [2.05, 4.69) is 37.7 Å². The fraction of sp³-hybridized carbons (Fsp3) is 0.469. The van der Waals surface area contributed by atoms with Gasteiger partial charge in [-0.2, -0.15) is 0 Å². The quantitative estimate of drug-likeness (QED) is 0.154. The second-order valence-corrected chi connectivity index (χ2v) is 12.3. The molecule has 0 aliphatic carbocycles. The van der Waals surface area contributed by atoms with Gasteiger partial charge in [-0.15, -0.1) is 0 Å². The largest absolute Gasteiger partial charge is 0.459 e. The van der Waals surface area contributed by atoms with Gasteiger partial charge in [0.2, 0.25) is 0 Å². The molecule has 0 aromatic heterocycles. The standard InChI is InChI=1S/C32H43N2O8P/c1-21(2)34(22(3)4)43(41-23(5)6)42-28-27(20-38-31(36)25-14-10-8-11-15-25)39-30(33-19-18-24(7)35)29(28)40-32(37)26-16-12-9-13-17-26/h8-19,21-23,27-30,33H,20H2,1-7H3/b19-18-/t27-,28?,29?,30-,43?/m1/s1. The molecular weight excluding hydrogens is 571 g/mol. The van der Waals surface area contributed by atoms with Crippen LogP contribution >= 0.6 is 8.53 Å². The van der Waals surface area contributed by atoms with Crippen LogP contribution in [0.25, 0.3) is 0 Å². The molecule has 11 heteroatoms. The summed E-state index contributed by atoms with van der Waals surface area (Å²) in [6, 6.07) is 17.4. The summed E-state index contributed by atoms with van der Waals surface area (Å²) in [6.07, 6.45) is -1.04. The second-order valence-electron chi connectivity index (χ2n) is 10.9. The van der Waals surface area contributed by atoms with E-state index >= 15 is 0 Å². The van der Waals surface area contributed by atoms with Crippen LogP contribution in [0.3, 0.4) is 0 Å². The molecule has 1 heterocycles. The average Bonchev–Trinajstić information content (AvgIpc) is 3.26. The molecule has 234 valence electrons. The minimum atomic E-state index is -1.68. The number of ketones is 1. The summed E-state index contributed by atoms with van der Waals surface area (Å²) in [5, 5.41) is 3.02. The van der Waals surface area contributed by atoms with Gasteiger partial charge in [0.05, 0.1) is 17.2 Å². The van der Waals surface area contributed by atoms with Crippen molar-refractivity contribution in [3.63, 3.8) is 0 Å². The van der Waals surface area contributed by atoms with Crippen molar-refractivity contribution >= 4 is 26.2 Å². The molecule has 2 aromatic rings. The SMILES string of the molecule is CC(=O)/C=C\N[C@@H]1O[C@H](COC(=O)c2ccccc2)C(OP(OC(C)C)N(C(C)C)C(C)C)C1OC(=O)c1ccccc1. The number of esters is 2. The van der Waals surface area contributed by atoms with E-state index in [1.807, 2.05) is 19.9 Å². The normalized spacial score (nSPS) is 21.1. The molecule has 0 bridgehead atoms. The number of hydrogen-bond acceptors (Lipinski definition) is 10. The summed E-state index contributed by atoms with van der Waals surface area (Å²) >= 11 is 0. The van der Waals surface area contributed by atoms with Gasteiger partial charge in [0, 0.05) is 18.3 Å². The fourth-order valence-electron chi connectivity index (χ4n) is 4.49. The van der Waals surface area contributed by atoms with Gasteiger partial charge in [-0.25, -0.2) is 14.3 Å². The zero-order chi connectivity index (χ0) is 31.5. The maximum Gasteiger partial charge on any atom is 0.338 e. The van der Waals surface area contributed by atoms with Crippen LogP contribution in [0.2, 0.25) is 0 Å². The van der Waals surface area contributed by atoms with Gasteiger partial charge in [0.25, 0.3) is 8.53 Å². The van der Waals surface area contributed by atoms with Crippen molar-refractivity contribution in [3.05, 3.63) is 84.1 Å². The first kappa shape index (κ1) is 34.4. The molecule has 1 saturated heterocycles. The van der Waals surface area contributed by atoms with Gasteiger partial charge in [0.15, 0.2) is 18.1 Å². The Morgan fingerprint density at radius 2 is 1.44 bits per heavy atom. The number of ether oxygens (including phenoxy) is 3. The predicted molar refractivity (Wildman–Crippen MR) is 164 cm³/mol. The lowest BCUT2D eigenvalue weighted by Crippen LogP contribution is -2.45. The van der Waals surface area contributed by atoms with E-state index in [-0.39, 0.29) is 30.6 Å². The van der Waals surface area contributed by atoms with Gasteiger partial charge in [-0.05, 0) is 78.8 Å². The Balaban J connectivity index is 1.98.